The monoisotopic (exact) mass is 286 g/mol. The SMILES string of the molecule is Cc1cc(C(C)(C)C)cc(C)c1CN1CC2CNCC2C1. The summed E-state index contributed by atoms with van der Waals surface area (Å²) in [5.74, 6) is 1.78. The van der Waals surface area contributed by atoms with E-state index in [4.69, 9.17) is 0 Å². The molecule has 2 heterocycles. The second kappa shape index (κ2) is 5.40. The van der Waals surface area contributed by atoms with Crippen LogP contribution in [0.5, 0.6) is 0 Å². The molecule has 1 aromatic carbocycles. The van der Waals surface area contributed by atoms with E-state index in [-0.39, 0.29) is 5.41 Å². The fraction of sp³-hybridized carbons (Fsp3) is 0.684. The molecule has 2 nitrogen and oxygen atoms in total. The largest absolute Gasteiger partial charge is 0.316 e. The molecule has 1 aromatic rings. The van der Waals surface area contributed by atoms with Gasteiger partial charge in [0.15, 0.2) is 0 Å². The summed E-state index contributed by atoms with van der Waals surface area (Å²) in [6.45, 7) is 17.6. The van der Waals surface area contributed by atoms with Crippen LogP contribution >= 0.6 is 0 Å². The highest BCUT2D eigenvalue weighted by atomic mass is 15.2. The van der Waals surface area contributed by atoms with Crippen LogP contribution in [0.2, 0.25) is 0 Å². The lowest BCUT2D eigenvalue weighted by Gasteiger charge is -2.24. The second-order valence-corrected chi connectivity index (χ2v) is 8.21. The van der Waals surface area contributed by atoms with Gasteiger partial charge >= 0.3 is 0 Å². The molecule has 0 saturated carbocycles. The van der Waals surface area contributed by atoms with E-state index in [2.05, 4.69) is 57.0 Å². The first-order chi connectivity index (χ1) is 9.84. The number of benzene rings is 1. The van der Waals surface area contributed by atoms with Crippen LogP contribution in [0.25, 0.3) is 0 Å². The lowest BCUT2D eigenvalue weighted by molar-refractivity contribution is 0.304. The average Bonchev–Trinajstić information content (AvgIpc) is 2.92. The predicted molar refractivity (Wildman–Crippen MR) is 89.7 cm³/mol. The molecule has 3 rings (SSSR count). The van der Waals surface area contributed by atoms with Gasteiger partial charge in [-0.25, -0.2) is 0 Å². The predicted octanol–water partition coefficient (Wildman–Crippen LogP) is 3.25. The van der Waals surface area contributed by atoms with Crippen LogP contribution < -0.4 is 5.32 Å². The molecule has 2 aliphatic rings. The van der Waals surface area contributed by atoms with Crippen LogP contribution in [0, 0.1) is 25.7 Å². The van der Waals surface area contributed by atoms with Gasteiger partial charge in [0.2, 0.25) is 0 Å². The Bertz CT molecular complexity index is 492. The zero-order valence-corrected chi connectivity index (χ0v) is 14.3. The van der Waals surface area contributed by atoms with Gasteiger partial charge in [0.1, 0.15) is 0 Å². The highest BCUT2D eigenvalue weighted by Gasteiger charge is 2.36. The number of rotatable bonds is 2. The lowest BCUT2D eigenvalue weighted by Crippen LogP contribution is -2.26. The standard InChI is InChI=1S/C19H30N2/c1-13-6-17(19(3,4)5)7-14(2)18(13)12-21-10-15-8-20-9-16(15)11-21/h6-7,15-16,20H,8-12H2,1-5H3. The van der Waals surface area contributed by atoms with Gasteiger partial charge in [-0.1, -0.05) is 32.9 Å². The van der Waals surface area contributed by atoms with Crippen LogP contribution in [-0.4, -0.2) is 31.1 Å². The highest BCUT2D eigenvalue weighted by molar-refractivity contribution is 5.40. The molecule has 2 atom stereocenters. The molecule has 2 fully saturated rings. The highest BCUT2D eigenvalue weighted by Crippen LogP contribution is 2.31. The molecule has 116 valence electrons. The smallest absolute Gasteiger partial charge is 0.0239 e. The molecule has 2 heteroatoms. The van der Waals surface area contributed by atoms with Crippen molar-refractivity contribution < 1.29 is 0 Å². The Labute approximate surface area is 129 Å². The fourth-order valence-electron chi connectivity index (χ4n) is 3.98. The van der Waals surface area contributed by atoms with E-state index in [1.54, 1.807) is 5.56 Å². The minimum atomic E-state index is 0.240. The quantitative estimate of drug-likeness (QED) is 0.898. The van der Waals surface area contributed by atoms with Gasteiger partial charge in [0, 0.05) is 19.6 Å². The molecule has 0 aromatic heterocycles. The first-order valence-corrected chi connectivity index (χ1v) is 8.38. The van der Waals surface area contributed by atoms with Crippen molar-refractivity contribution in [2.24, 2.45) is 11.8 Å². The third kappa shape index (κ3) is 3.02. The minimum Gasteiger partial charge on any atom is -0.316 e. The molecule has 2 saturated heterocycles. The van der Waals surface area contributed by atoms with E-state index in [1.807, 2.05) is 0 Å². The third-order valence-corrected chi connectivity index (χ3v) is 5.41. The first kappa shape index (κ1) is 15.1. The topological polar surface area (TPSA) is 15.3 Å². The van der Waals surface area contributed by atoms with E-state index < -0.39 is 0 Å². The second-order valence-electron chi connectivity index (χ2n) is 8.21. The molecule has 2 unspecified atom stereocenters. The van der Waals surface area contributed by atoms with E-state index in [0.717, 1.165) is 18.4 Å². The van der Waals surface area contributed by atoms with Crippen molar-refractivity contribution in [3.05, 3.63) is 34.4 Å². The van der Waals surface area contributed by atoms with Gasteiger partial charge in [-0.15, -0.1) is 0 Å². The molecule has 21 heavy (non-hydrogen) atoms. The summed E-state index contributed by atoms with van der Waals surface area (Å²) in [5, 5.41) is 3.53. The van der Waals surface area contributed by atoms with E-state index >= 15 is 0 Å². The molecular formula is C19H30N2. The number of nitrogens with one attached hydrogen (secondary N) is 1. The Morgan fingerprint density at radius 3 is 2.05 bits per heavy atom. The zero-order valence-electron chi connectivity index (χ0n) is 14.3. The number of aryl methyl sites for hydroxylation is 2. The number of likely N-dealkylation sites (tertiary alicyclic amines) is 1. The maximum atomic E-state index is 3.53. The van der Waals surface area contributed by atoms with Crippen molar-refractivity contribution in [3.8, 4) is 0 Å². The lowest BCUT2D eigenvalue weighted by atomic mass is 9.84. The Morgan fingerprint density at radius 1 is 1.05 bits per heavy atom. The normalized spacial score (nSPS) is 26.3. The van der Waals surface area contributed by atoms with Crippen molar-refractivity contribution in [3.63, 3.8) is 0 Å². The maximum Gasteiger partial charge on any atom is 0.0239 e. The Balaban J connectivity index is 1.77. The first-order valence-electron chi connectivity index (χ1n) is 8.38. The van der Waals surface area contributed by atoms with Crippen LogP contribution in [-0.2, 0) is 12.0 Å². The van der Waals surface area contributed by atoms with E-state index in [9.17, 15) is 0 Å². The summed E-state index contributed by atoms with van der Waals surface area (Å²) >= 11 is 0. The van der Waals surface area contributed by atoms with Gasteiger partial charge in [-0.3, -0.25) is 4.90 Å². The minimum absolute atomic E-state index is 0.240. The van der Waals surface area contributed by atoms with Gasteiger partial charge in [0.25, 0.3) is 0 Å². The van der Waals surface area contributed by atoms with Crippen molar-refractivity contribution in [1.29, 1.82) is 0 Å². The molecule has 0 amide bonds. The van der Waals surface area contributed by atoms with Gasteiger partial charge in [-0.05, 0) is 66.4 Å². The Hall–Kier alpha value is -0.860. The van der Waals surface area contributed by atoms with Crippen LogP contribution in [0.1, 0.15) is 43.0 Å². The van der Waals surface area contributed by atoms with E-state index in [0.29, 0.717) is 0 Å². The van der Waals surface area contributed by atoms with Crippen LogP contribution in [0.4, 0.5) is 0 Å². The van der Waals surface area contributed by atoms with Crippen LogP contribution in [0.3, 0.4) is 0 Å². The molecule has 0 aliphatic carbocycles. The van der Waals surface area contributed by atoms with E-state index in [1.165, 1.54) is 42.9 Å². The third-order valence-electron chi connectivity index (χ3n) is 5.41. The summed E-state index contributed by atoms with van der Waals surface area (Å²) in [5.41, 5.74) is 6.19. The number of nitrogens with zero attached hydrogens (tertiary/aromatic N) is 1. The van der Waals surface area contributed by atoms with Crippen molar-refractivity contribution in [2.45, 2.75) is 46.6 Å². The summed E-state index contributed by atoms with van der Waals surface area (Å²) < 4.78 is 0. The summed E-state index contributed by atoms with van der Waals surface area (Å²) in [7, 11) is 0. The number of hydrogen-bond acceptors (Lipinski definition) is 2. The zero-order chi connectivity index (χ0) is 15.2. The summed E-state index contributed by atoms with van der Waals surface area (Å²) in [4.78, 5) is 2.67. The number of fused-ring (bicyclic) bond motifs is 1. The molecule has 0 bridgehead atoms. The average molecular weight is 286 g/mol. The van der Waals surface area contributed by atoms with Gasteiger partial charge < -0.3 is 5.32 Å². The van der Waals surface area contributed by atoms with Crippen molar-refractivity contribution >= 4 is 0 Å². The molecule has 0 radical (unpaired) electrons. The molecular weight excluding hydrogens is 256 g/mol. The Kier molecular flexibility index (Phi) is 3.87. The van der Waals surface area contributed by atoms with Crippen LogP contribution in [0.15, 0.2) is 12.1 Å². The van der Waals surface area contributed by atoms with Crippen molar-refractivity contribution in [1.82, 2.24) is 10.2 Å². The Morgan fingerprint density at radius 2 is 1.57 bits per heavy atom. The fourth-order valence-corrected chi connectivity index (χ4v) is 3.98. The maximum absolute atomic E-state index is 3.53. The summed E-state index contributed by atoms with van der Waals surface area (Å²) in [6, 6.07) is 4.81. The summed E-state index contributed by atoms with van der Waals surface area (Å²) in [6.07, 6.45) is 0. The van der Waals surface area contributed by atoms with Crippen molar-refractivity contribution in [2.75, 3.05) is 26.2 Å². The van der Waals surface area contributed by atoms with Gasteiger partial charge in [-0.2, -0.15) is 0 Å². The van der Waals surface area contributed by atoms with Gasteiger partial charge in [0.05, 0.1) is 0 Å². The molecule has 1 N–H and O–H groups in total. The molecule has 0 spiro atoms. The molecule has 2 aliphatic heterocycles. The number of hydrogen-bond donors (Lipinski definition) is 1.